The van der Waals surface area contributed by atoms with Crippen molar-refractivity contribution in [2.75, 3.05) is 49.7 Å². The molecular weight excluding hydrogens is 279 g/mol. The molecule has 2 saturated heterocycles. The highest BCUT2D eigenvalue weighted by molar-refractivity contribution is 5.92. The lowest BCUT2D eigenvalue weighted by Crippen LogP contribution is -2.37. The lowest BCUT2D eigenvalue weighted by atomic mass is 10.1. The zero-order valence-electron chi connectivity index (χ0n) is 11.5. The summed E-state index contributed by atoms with van der Waals surface area (Å²) in [6.45, 7) is 3.40. The Morgan fingerprint density at radius 1 is 1.33 bits per heavy atom. The lowest BCUT2D eigenvalue weighted by molar-refractivity contribution is -0.119. The number of amides is 1. The molecule has 114 valence electrons. The van der Waals surface area contributed by atoms with Gasteiger partial charge in [0.05, 0.1) is 31.9 Å². The monoisotopic (exact) mass is 296 g/mol. The van der Waals surface area contributed by atoms with E-state index in [4.69, 9.17) is 9.47 Å². The molecule has 1 atom stereocenters. The van der Waals surface area contributed by atoms with Crippen molar-refractivity contribution in [1.29, 1.82) is 0 Å². The van der Waals surface area contributed by atoms with Crippen LogP contribution in [0.2, 0.25) is 0 Å². The number of ether oxygens (including phenoxy) is 2. The van der Waals surface area contributed by atoms with Crippen LogP contribution in [0.25, 0.3) is 0 Å². The molecule has 7 nitrogen and oxygen atoms in total. The van der Waals surface area contributed by atoms with Crippen LogP contribution in [0, 0.1) is 11.7 Å². The van der Waals surface area contributed by atoms with Crippen molar-refractivity contribution < 1.29 is 18.7 Å². The van der Waals surface area contributed by atoms with Gasteiger partial charge in [0, 0.05) is 19.7 Å². The Bertz CT molecular complexity index is 516. The van der Waals surface area contributed by atoms with E-state index in [-0.39, 0.29) is 17.6 Å². The second kappa shape index (κ2) is 6.31. The predicted octanol–water partition coefficient (Wildman–Crippen LogP) is 0.427. The Hall–Kier alpha value is -1.80. The maximum absolute atomic E-state index is 13.8. The minimum atomic E-state index is -0.640. The number of carbonyl (C=O) groups excluding carboxylic acids is 1. The van der Waals surface area contributed by atoms with Gasteiger partial charge in [0.2, 0.25) is 11.9 Å². The minimum Gasteiger partial charge on any atom is -0.381 e. The second-order valence-corrected chi connectivity index (χ2v) is 5.02. The summed E-state index contributed by atoms with van der Waals surface area (Å²) in [5, 5.41) is 2.53. The van der Waals surface area contributed by atoms with Crippen molar-refractivity contribution in [1.82, 2.24) is 9.97 Å². The van der Waals surface area contributed by atoms with Crippen LogP contribution in [0.5, 0.6) is 0 Å². The number of carbonyl (C=O) groups is 1. The summed E-state index contributed by atoms with van der Waals surface area (Å²) in [6.07, 6.45) is 1.73. The van der Waals surface area contributed by atoms with E-state index >= 15 is 0 Å². The summed E-state index contributed by atoms with van der Waals surface area (Å²) >= 11 is 0. The number of hydrogen-bond acceptors (Lipinski definition) is 6. The number of rotatable bonds is 3. The standard InChI is InChI=1S/C13H17FN4O3/c14-10-7-15-13(18-2-5-20-6-3-18)17-11(10)16-12(19)9-1-4-21-8-9/h7,9H,1-6,8H2,(H,15,16,17,19). The first-order chi connectivity index (χ1) is 10.2. The van der Waals surface area contributed by atoms with Crippen LogP contribution in [-0.2, 0) is 14.3 Å². The molecule has 21 heavy (non-hydrogen) atoms. The van der Waals surface area contributed by atoms with Crippen molar-refractivity contribution in [3.05, 3.63) is 12.0 Å². The van der Waals surface area contributed by atoms with Gasteiger partial charge in [-0.1, -0.05) is 0 Å². The molecule has 1 aromatic rings. The number of halogens is 1. The van der Waals surface area contributed by atoms with Crippen LogP contribution in [0.4, 0.5) is 16.2 Å². The van der Waals surface area contributed by atoms with Crippen LogP contribution in [-0.4, -0.2) is 55.4 Å². The molecule has 1 amide bonds. The van der Waals surface area contributed by atoms with Gasteiger partial charge in [0.15, 0.2) is 11.6 Å². The first-order valence-electron chi connectivity index (χ1n) is 6.98. The lowest BCUT2D eigenvalue weighted by Gasteiger charge is -2.26. The normalized spacial score (nSPS) is 22.3. The minimum absolute atomic E-state index is 0.0802. The molecule has 0 aromatic carbocycles. The maximum atomic E-state index is 13.8. The van der Waals surface area contributed by atoms with Gasteiger partial charge in [0.25, 0.3) is 0 Å². The molecule has 3 heterocycles. The van der Waals surface area contributed by atoms with E-state index < -0.39 is 5.82 Å². The fourth-order valence-electron chi connectivity index (χ4n) is 2.32. The molecular formula is C13H17FN4O3. The first kappa shape index (κ1) is 14.2. The van der Waals surface area contributed by atoms with E-state index in [1.165, 1.54) is 0 Å². The molecule has 8 heteroatoms. The smallest absolute Gasteiger partial charge is 0.231 e. The molecule has 1 unspecified atom stereocenters. The summed E-state index contributed by atoms with van der Waals surface area (Å²) in [4.78, 5) is 22.0. The third kappa shape index (κ3) is 3.27. The molecule has 0 spiro atoms. The van der Waals surface area contributed by atoms with Crippen molar-refractivity contribution in [2.45, 2.75) is 6.42 Å². The van der Waals surface area contributed by atoms with E-state index in [0.717, 1.165) is 6.20 Å². The summed E-state index contributed by atoms with van der Waals surface area (Å²) in [6, 6.07) is 0. The number of morpholine rings is 1. The Kier molecular flexibility index (Phi) is 4.26. The van der Waals surface area contributed by atoms with Gasteiger partial charge in [-0.3, -0.25) is 4.79 Å². The van der Waals surface area contributed by atoms with Gasteiger partial charge in [-0.05, 0) is 6.42 Å². The summed E-state index contributed by atoms with van der Waals surface area (Å²) in [5.41, 5.74) is 0. The van der Waals surface area contributed by atoms with Gasteiger partial charge < -0.3 is 19.7 Å². The highest BCUT2D eigenvalue weighted by Crippen LogP contribution is 2.19. The number of nitrogens with one attached hydrogen (secondary N) is 1. The molecule has 2 aliphatic heterocycles. The molecule has 0 saturated carbocycles. The van der Waals surface area contributed by atoms with Gasteiger partial charge in [-0.25, -0.2) is 9.37 Å². The largest absolute Gasteiger partial charge is 0.381 e. The average Bonchev–Trinajstić information content (AvgIpc) is 3.05. The van der Waals surface area contributed by atoms with Crippen LogP contribution >= 0.6 is 0 Å². The van der Waals surface area contributed by atoms with Crippen LogP contribution in [0.3, 0.4) is 0 Å². The van der Waals surface area contributed by atoms with Gasteiger partial charge in [-0.2, -0.15) is 4.98 Å². The van der Waals surface area contributed by atoms with Crippen molar-refractivity contribution >= 4 is 17.7 Å². The number of nitrogens with zero attached hydrogens (tertiary/aromatic N) is 3. The topological polar surface area (TPSA) is 76.6 Å². The maximum Gasteiger partial charge on any atom is 0.231 e. The van der Waals surface area contributed by atoms with Gasteiger partial charge >= 0.3 is 0 Å². The molecule has 1 aromatic heterocycles. The zero-order valence-corrected chi connectivity index (χ0v) is 11.5. The molecule has 1 N–H and O–H groups in total. The molecule has 0 aliphatic carbocycles. The van der Waals surface area contributed by atoms with E-state index in [0.29, 0.717) is 51.9 Å². The second-order valence-electron chi connectivity index (χ2n) is 5.02. The summed E-state index contributed by atoms with van der Waals surface area (Å²) < 4.78 is 24.2. The third-order valence-corrected chi connectivity index (χ3v) is 3.57. The van der Waals surface area contributed by atoms with Gasteiger partial charge in [-0.15, -0.1) is 0 Å². The number of aromatic nitrogens is 2. The van der Waals surface area contributed by atoms with E-state index in [2.05, 4.69) is 15.3 Å². The van der Waals surface area contributed by atoms with Crippen molar-refractivity contribution in [3.8, 4) is 0 Å². The van der Waals surface area contributed by atoms with E-state index in [9.17, 15) is 9.18 Å². The molecule has 3 rings (SSSR count). The molecule has 0 bridgehead atoms. The highest BCUT2D eigenvalue weighted by Gasteiger charge is 2.25. The van der Waals surface area contributed by atoms with Crippen LogP contribution < -0.4 is 10.2 Å². The average molecular weight is 296 g/mol. The number of hydrogen-bond donors (Lipinski definition) is 1. The third-order valence-electron chi connectivity index (χ3n) is 3.57. The van der Waals surface area contributed by atoms with Crippen LogP contribution in [0.15, 0.2) is 6.20 Å². The first-order valence-corrected chi connectivity index (χ1v) is 6.98. The molecule has 2 aliphatic rings. The Labute approximate surface area is 121 Å². The van der Waals surface area contributed by atoms with Crippen molar-refractivity contribution in [2.24, 2.45) is 5.92 Å². The fourth-order valence-corrected chi connectivity index (χ4v) is 2.32. The molecule has 0 radical (unpaired) electrons. The number of anilines is 2. The van der Waals surface area contributed by atoms with E-state index in [1.54, 1.807) is 0 Å². The fraction of sp³-hybridized carbons (Fsp3) is 0.615. The molecule has 2 fully saturated rings. The Balaban J connectivity index is 1.72. The quantitative estimate of drug-likeness (QED) is 0.871. The van der Waals surface area contributed by atoms with Gasteiger partial charge in [0.1, 0.15) is 0 Å². The highest BCUT2D eigenvalue weighted by atomic mass is 19.1. The van der Waals surface area contributed by atoms with Crippen molar-refractivity contribution in [3.63, 3.8) is 0 Å². The Morgan fingerprint density at radius 2 is 2.14 bits per heavy atom. The summed E-state index contributed by atoms with van der Waals surface area (Å²) in [7, 11) is 0. The van der Waals surface area contributed by atoms with E-state index in [1.807, 2.05) is 4.90 Å². The SMILES string of the molecule is O=C(Nc1nc(N2CCOCC2)ncc1F)C1CCOC1. The Morgan fingerprint density at radius 3 is 2.86 bits per heavy atom. The zero-order chi connectivity index (χ0) is 14.7. The predicted molar refractivity (Wildman–Crippen MR) is 72.6 cm³/mol. The van der Waals surface area contributed by atoms with Crippen LogP contribution in [0.1, 0.15) is 6.42 Å². The summed E-state index contributed by atoms with van der Waals surface area (Å²) in [5.74, 6) is -0.829.